The molecule has 4 aliphatic carbocycles. The summed E-state index contributed by atoms with van der Waals surface area (Å²) in [4.78, 5) is 34.9. The Balaban J connectivity index is 1.57. The number of nitrogens with zero attached hydrogens (tertiary/aromatic N) is 1. The molecule has 0 heterocycles. The van der Waals surface area contributed by atoms with Crippen LogP contribution >= 0.6 is 0 Å². The van der Waals surface area contributed by atoms with Crippen LogP contribution in [-0.2, 0) is 33.4 Å². The highest BCUT2D eigenvalue weighted by Crippen LogP contribution is 2.61. The van der Waals surface area contributed by atoms with E-state index in [2.05, 4.69) is 0 Å². The van der Waals surface area contributed by atoms with Gasteiger partial charge in [-0.2, -0.15) is 8.42 Å². The molecule has 5 rings (SSSR count). The molecule has 1 aromatic carbocycles. The summed E-state index contributed by atoms with van der Waals surface area (Å²) in [6, 6.07) is 4.45. The first-order valence-electron chi connectivity index (χ1n) is 9.71. The van der Waals surface area contributed by atoms with Gasteiger partial charge >= 0.3 is 11.9 Å². The smallest absolute Gasteiger partial charge is 0.310 e. The number of fused-ring (bicyclic) bond motifs is 1. The van der Waals surface area contributed by atoms with Crippen LogP contribution in [0.5, 0.6) is 0 Å². The van der Waals surface area contributed by atoms with Crippen molar-refractivity contribution in [2.75, 3.05) is 14.2 Å². The summed E-state index contributed by atoms with van der Waals surface area (Å²) in [6.07, 6.45) is 3.46. The Morgan fingerprint density at radius 1 is 1.00 bits per heavy atom. The molecule has 7 atom stereocenters. The number of hydrogen-bond donors (Lipinski definition) is 0. The summed E-state index contributed by atoms with van der Waals surface area (Å²) >= 11 is 0. The average Bonchev–Trinajstić information content (AvgIpc) is 2.75. The zero-order valence-corrected chi connectivity index (χ0v) is 17.6. The third-order valence-corrected chi connectivity index (χ3v) is 8.02. The summed E-state index contributed by atoms with van der Waals surface area (Å²) in [5, 5.41) is 10.8. The lowest BCUT2D eigenvalue weighted by Gasteiger charge is -2.59. The third kappa shape index (κ3) is 3.41. The Bertz CT molecular complexity index is 1050. The van der Waals surface area contributed by atoms with Gasteiger partial charge in [0.25, 0.3) is 15.8 Å². The lowest BCUT2D eigenvalue weighted by Crippen LogP contribution is -2.63. The van der Waals surface area contributed by atoms with E-state index in [-0.39, 0.29) is 28.3 Å². The molecule has 0 aliphatic heterocycles. The maximum Gasteiger partial charge on any atom is 0.310 e. The topological polar surface area (TPSA) is 139 Å². The van der Waals surface area contributed by atoms with Gasteiger partial charge in [0.15, 0.2) is 0 Å². The Hall–Kier alpha value is -2.79. The van der Waals surface area contributed by atoms with E-state index in [1.165, 1.54) is 14.2 Å². The van der Waals surface area contributed by atoms with Crippen molar-refractivity contribution in [1.82, 2.24) is 0 Å². The molecule has 10 nitrogen and oxygen atoms in total. The summed E-state index contributed by atoms with van der Waals surface area (Å²) in [6.45, 7) is 0. The zero-order valence-electron chi connectivity index (χ0n) is 16.7. The molecule has 11 heteroatoms. The number of nitro benzene ring substituents is 1. The van der Waals surface area contributed by atoms with Gasteiger partial charge in [-0.3, -0.25) is 23.9 Å². The van der Waals surface area contributed by atoms with E-state index in [4.69, 9.17) is 13.7 Å². The number of benzene rings is 1. The molecule has 166 valence electrons. The number of carbonyl (C=O) groups is 2. The van der Waals surface area contributed by atoms with Crippen molar-refractivity contribution in [3.05, 3.63) is 46.5 Å². The Kier molecular flexibility index (Phi) is 5.34. The van der Waals surface area contributed by atoms with Crippen molar-refractivity contribution in [3.8, 4) is 0 Å². The van der Waals surface area contributed by atoms with Crippen molar-refractivity contribution in [2.24, 2.45) is 35.5 Å². The van der Waals surface area contributed by atoms with Gasteiger partial charge in [0, 0.05) is 12.1 Å². The summed E-state index contributed by atoms with van der Waals surface area (Å²) < 4.78 is 40.7. The quantitative estimate of drug-likeness (QED) is 0.208. The minimum absolute atomic E-state index is 0.0166. The number of ether oxygens (including phenoxy) is 2. The fraction of sp³-hybridized carbons (Fsp3) is 0.500. The summed E-state index contributed by atoms with van der Waals surface area (Å²) in [7, 11) is -1.65. The highest BCUT2D eigenvalue weighted by molar-refractivity contribution is 7.86. The van der Waals surface area contributed by atoms with Gasteiger partial charge < -0.3 is 9.47 Å². The van der Waals surface area contributed by atoms with Gasteiger partial charge in [-0.05, 0) is 42.2 Å². The van der Waals surface area contributed by atoms with Crippen LogP contribution in [0, 0.1) is 45.6 Å². The zero-order chi connectivity index (χ0) is 22.5. The van der Waals surface area contributed by atoms with Crippen molar-refractivity contribution < 1.29 is 36.6 Å². The number of allylic oxidation sites excluding steroid dienone is 2. The molecule has 1 aromatic rings. The van der Waals surface area contributed by atoms with Crippen molar-refractivity contribution in [3.63, 3.8) is 0 Å². The SMILES string of the molecule is COC(=O)[C@@H]1[C@@H]2C=C[C@H]([C@@H]1C(=O)OC)[C@H]1[C@@H]2C[C@@H]1OS(=O)(=O)c1ccc([N+](=O)[O-])cc1. The highest BCUT2D eigenvalue weighted by Gasteiger charge is 2.64. The molecule has 2 saturated carbocycles. The predicted molar refractivity (Wildman–Crippen MR) is 104 cm³/mol. The lowest BCUT2D eigenvalue weighted by molar-refractivity contribution is -0.384. The van der Waals surface area contributed by atoms with E-state index in [1.807, 2.05) is 12.2 Å². The van der Waals surface area contributed by atoms with E-state index in [0.717, 1.165) is 24.3 Å². The minimum Gasteiger partial charge on any atom is -0.469 e. The number of nitro groups is 1. The van der Waals surface area contributed by atoms with Gasteiger partial charge in [-0.25, -0.2) is 0 Å². The average molecular weight is 451 g/mol. The third-order valence-electron chi connectivity index (χ3n) is 6.67. The van der Waals surface area contributed by atoms with E-state index < -0.39 is 50.8 Å². The standard InChI is InChI=1S/C20H21NO9S/c1-28-19(22)17-12-7-8-13(18(17)20(23)29-2)16-14(12)9-15(16)30-31(26,27)11-5-3-10(4-6-11)21(24)25/h3-8,12-18H,9H2,1-2H3/t12-,13+,14-,15+,16+,17-,18+/m1/s1. The largest absolute Gasteiger partial charge is 0.469 e. The first kappa shape index (κ1) is 21.4. The normalized spacial score (nSPS) is 33.2. The summed E-state index contributed by atoms with van der Waals surface area (Å²) in [5.41, 5.74) is -0.229. The van der Waals surface area contributed by atoms with Crippen LogP contribution in [0.25, 0.3) is 0 Å². The Morgan fingerprint density at radius 2 is 1.55 bits per heavy atom. The van der Waals surface area contributed by atoms with Crippen molar-refractivity contribution in [2.45, 2.75) is 17.4 Å². The second-order valence-electron chi connectivity index (χ2n) is 7.95. The fourth-order valence-electron chi connectivity index (χ4n) is 5.30. The van der Waals surface area contributed by atoms with Crippen molar-refractivity contribution >= 4 is 27.7 Å². The van der Waals surface area contributed by atoms with E-state index >= 15 is 0 Å². The second-order valence-corrected chi connectivity index (χ2v) is 9.53. The van der Waals surface area contributed by atoms with Gasteiger partial charge in [0.2, 0.25) is 0 Å². The molecule has 4 aliphatic rings. The lowest BCUT2D eigenvalue weighted by atomic mass is 9.45. The van der Waals surface area contributed by atoms with Gasteiger partial charge in [-0.15, -0.1) is 0 Å². The van der Waals surface area contributed by atoms with Crippen molar-refractivity contribution in [1.29, 1.82) is 0 Å². The summed E-state index contributed by atoms with van der Waals surface area (Å²) in [5.74, 6) is -3.47. The second kappa shape index (κ2) is 7.72. The monoisotopic (exact) mass is 451 g/mol. The molecular formula is C20H21NO9S. The van der Waals surface area contributed by atoms with E-state index in [9.17, 15) is 28.1 Å². The number of rotatable bonds is 6. The Morgan fingerprint density at radius 3 is 2.10 bits per heavy atom. The molecule has 0 amide bonds. The first-order valence-corrected chi connectivity index (χ1v) is 11.1. The number of non-ortho nitro benzene ring substituents is 1. The Labute approximate surface area is 178 Å². The maximum atomic E-state index is 12.7. The van der Waals surface area contributed by atoms with E-state index in [1.54, 1.807) is 0 Å². The number of carbonyl (C=O) groups excluding carboxylic acids is 2. The van der Waals surface area contributed by atoms with Crippen LogP contribution in [0.15, 0.2) is 41.3 Å². The molecule has 2 bridgehead atoms. The van der Waals surface area contributed by atoms with Crippen LogP contribution in [0.2, 0.25) is 0 Å². The molecule has 2 fully saturated rings. The van der Waals surface area contributed by atoms with Gasteiger partial charge in [-0.1, -0.05) is 12.2 Å². The predicted octanol–water partition coefficient (Wildman–Crippen LogP) is 1.70. The molecule has 0 radical (unpaired) electrons. The molecule has 0 N–H and O–H groups in total. The van der Waals surface area contributed by atoms with Crippen LogP contribution in [0.1, 0.15) is 6.42 Å². The molecule has 0 aromatic heterocycles. The molecule has 31 heavy (non-hydrogen) atoms. The van der Waals surface area contributed by atoms with Crippen LogP contribution < -0.4 is 0 Å². The molecule has 0 saturated heterocycles. The number of hydrogen-bond acceptors (Lipinski definition) is 9. The van der Waals surface area contributed by atoms with Crippen LogP contribution in [0.3, 0.4) is 0 Å². The molecule has 0 unspecified atom stereocenters. The number of methoxy groups -OCH3 is 2. The molecular weight excluding hydrogens is 430 g/mol. The van der Waals surface area contributed by atoms with E-state index in [0.29, 0.717) is 6.42 Å². The maximum absolute atomic E-state index is 12.7. The van der Waals surface area contributed by atoms with Crippen LogP contribution in [-0.4, -0.2) is 45.6 Å². The van der Waals surface area contributed by atoms with Crippen LogP contribution in [0.4, 0.5) is 5.69 Å². The first-order chi connectivity index (χ1) is 14.7. The fourth-order valence-corrected chi connectivity index (χ4v) is 6.41. The number of esters is 2. The highest BCUT2D eigenvalue weighted by atomic mass is 32.2. The van der Waals surface area contributed by atoms with Gasteiger partial charge in [0.1, 0.15) is 0 Å². The molecule has 0 spiro atoms. The minimum atomic E-state index is -4.16. The van der Waals surface area contributed by atoms with Gasteiger partial charge in [0.05, 0.1) is 42.0 Å².